The summed E-state index contributed by atoms with van der Waals surface area (Å²) in [6.45, 7) is 0.0912. The zero-order valence-electron chi connectivity index (χ0n) is 13.6. The van der Waals surface area contributed by atoms with Gasteiger partial charge in [0.25, 0.3) is 5.91 Å². The fraction of sp³-hybridized carbons (Fsp3) is 0.263. The first-order valence-corrected chi connectivity index (χ1v) is 8.28. The van der Waals surface area contributed by atoms with E-state index < -0.39 is 0 Å². The van der Waals surface area contributed by atoms with Crippen LogP contribution in [0.2, 0.25) is 0 Å². The molecule has 2 aliphatic rings. The standard InChI is InChI=1S/C19H18N2O4/c22-18(21-15-6-7-16-17(9-15)25-11-24-16)10-20-19(23)14-5-4-12-2-1-3-13(12)8-14/h4-9H,1-3,10-11H2,(H,20,23)(H,21,22). The molecule has 6 heteroatoms. The Hall–Kier alpha value is -3.02. The molecule has 0 unspecified atom stereocenters. The van der Waals surface area contributed by atoms with Gasteiger partial charge in [0.2, 0.25) is 12.7 Å². The first kappa shape index (κ1) is 15.5. The van der Waals surface area contributed by atoms with E-state index in [1.54, 1.807) is 18.2 Å². The van der Waals surface area contributed by atoms with Crippen LogP contribution in [0.3, 0.4) is 0 Å². The van der Waals surface area contributed by atoms with E-state index in [1.807, 2.05) is 18.2 Å². The van der Waals surface area contributed by atoms with Crippen LogP contribution in [0.5, 0.6) is 11.5 Å². The minimum Gasteiger partial charge on any atom is -0.454 e. The fourth-order valence-corrected chi connectivity index (χ4v) is 3.16. The van der Waals surface area contributed by atoms with Gasteiger partial charge in [-0.15, -0.1) is 0 Å². The van der Waals surface area contributed by atoms with Crippen LogP contribution in [-0.2, 0) is 17.6 Å². The summed E-state index contributed by atoms with van der Waals surface area (Å²) in [4.78, 5) is 24.3. The summed E-state index contributed by atoms with van der Waals surface area (Å²) in [5.74, 6) is 0.715. The van der Waals surface area contributed by atoms with Crippen molar-refractivity contribution in [2.45, 2.75) is 19.3 Å². The number of rotatable bonds is 4. The van der Waals surface area contributed by atoms with Crippen LogP contribution in [0.15, 0.2) is 36.4 Å². The lowest BCUT2D eigenvalue weighted by Crippen LogP contribution is -2.32. The maximum atomic E-state index is 12.2. The van der Waals surface area contributed by atoms with Crippen LogP contribution in [0, 0.1) is 0 Å². The summed E-state index contributed by atoms with van der Waals surface area (Å²) in [5, 5.41) is 5.39. The van der Waals surface area contributed by atoms with E-state index in [2.05, 4.69) is 10.6 Å². The van der Waals surface area contributed by atoms with Crippen LogP contribution in [0.25, 0.3) is 0 Å². The average molecular weight is 338 g/mol. The zero-order valence-corrected chi connectivity index (χ0v) is 13.6. The van der Waals surface area contributed by atoms with Gasteiger partial charge < -0.3 is 20.1 Å². The average Bonchev–Trinajstić information content (AvgIpc) is 3.27. The molecule has 1 heterocycles. The van der Waals surface area contributed by atoms with E-state index in [9.17, 15) is 9.59 Å². The van der Waals surface area contributed by atoms with Gasteiger partial charge in [-0.3, -0.25) is 9.59 Å². The number of amides is 2. The topological polar surface area (TPSA) is 76.7 Å². The van der Waals surface area contributed by atoms with E-state index in [0.29, 0.717) is 22.7 Å². The Kier molecular flexibility index (Phi) is 4.01. The van der Waals surface area contributed by atoms with Crippen LogP contribution < -0.4 is 20.1 Å². The number of carbonyl (C=O) groups is 2. The largest absolute Gasteiger partial charge is 0.454 e. The van der Waals surface area contributed by atoms with E-state index in [1.165, 1.54) is 11.1 Å². The van der Waals surface area contributed by atoms with Gasteiger partial charge in [-0.25, -0.2) is 0 Å². The molecule has 1 aliphatic carbocycles. The first-order valence-electron chi connectivity index (χ1n) is 8.28. The third kappa shape index (κ3) is 3.28. The van der Waals surface area contributed by atoms with Crippen LogP contribution in [-0.4, -0.2) is 25.2 Å². The van der Waals surface area contributed by atoms with Crippen molar-refractivity contribution in [3.8, 4) is 11.5 Å². The van der Waals surface area contributed by atoms with Crippen LogP contribution in [0.4, 0.5) is 5.69 Å². The maximum Gasteiger partial charge on any atom is 0.251 e. The Labute approximate surface area is 145 Å². The van der Waals surface area contributed by atoms with Gasteiger partial charge in [-0.1, -0.05) is 6.07 Å². The molecule has 2 aromatic carbocycles. The molecule has 0 spiro atoms. The monoisotopic (exact) mass is 338 g/mol. The number of anilines is 1. The number of carbonyl (C=O) groups excluding carboxylic acids is 2. The van der Waals surface area contributed by atoms with Gasteiger partial charge in [0.1, 0.15) is 0 Å². The van der Waals surface area contributed by atoms with E-state index in [-0.39, 0.29) is 25.2 Å². The Morgan fingerprint density at radius 2 is 1.80 bits per heavy atom. The summed E-state index contributed by atoms with van der Waals surface area (Å²) in [7, 11) is 0. The van der Waals surface area contributed by atoms with Crippen molar-refractivity contribution >= 4 is 17.5 Å². The highest BCUT2D eigenvalue weighted by Gasteiger charge is 2.16. The highest BCUT2D eigenvalue weighted by molar-refractivity contribution is 5.99. The van der Waals surface area contributed by atoms with E-state index >= 15 is 0 Å². The molecular formula is C19H18N2O4. The summed E-state index contributed by atoms with van der Waals surface area (Å²) < 4.78 is 10.5. The molecule has 0 aromatic heterocycles. The number of benzene rings is 2. The molecule has 0 bridgehead atoms. The predicted molar refractivity (Wildman–Crippen MR) is 92.0 cm³/mol. The molecule has 4 rings (SSSR count). The molecule has 2 aromatic rings. The number of nitrogens with one attached hydrogen (secondary N) is 2. The Balaban J connectivity index is 1.33. The third-order valence-corrected chi connectivity index (χ3v) is 4.43. The van der Waals surface area contributed by atoms with Gasteiger partial charge in [0.15, 0.2) is 11.5 Å². The quantitative estimate of drug-likeness (QED) is 0.897. The molecular weight excluding hydrogens is 320 g/mol. The van der Waals surface area contributed by atoms with Crippen molar-refractivity contribution in [2.75, 3.05) is 18.7 Å². The first-order chi connectivity index (χ1) is 12.2. The molecule has 0 saturated carbocycles. The fourth-order valence-electron chi connectivity index (χ4n) is 3.16. The van der Waals surface area contributed by atoms with E-state index in [0.717, 1.165) is 19.3 Å². The molecule has 0 atom stereocenters. The van der Waals surface area contributed by atoms with Gasteiger partial charge in [0, 0.05) is 17.3 Å². The molecule has 6 nitrogen and oxygen atoms in total. The molecule has 25 heavy (non-hydrogen) atoms. The van der Waals surface area contributed by atoms with Gasteiger partial charge >= 0.3 is 0 Å². The molecule has 2 N–H and O–H groups in total. The Morgan fingerprint density at radius 3 is 2.72 bits per heavy atom. The molecule has 0 saturated heterocycles. The van der Waals surface area contributed by atoms with Crippen molar-refractivity contribution in [3.63, 3.8) is 0 Å². The summed E-state index contributed by atoms with van der Waals surface area (Å²) in [6.07, 6.45) is 3.23. The van der Waals surface area contributed by atoms with Crippen molar-refractivity contribution in [2.24, 2.45) is 0 Å². The smallest absolute Gasteiger partial charge is 0.251 e. The van der Waals surface area contributed by atoms with Gasteiger partial charge in [-0.05, 0) is 54.7 Å². The third-order valence-electron chi connectivity index (χ3n) is 4.43. The number of aryl methyl sites for hydroxylation is 2. The van der Waals surface area contributed by atoms with Crippen molar-refractivity contribution in [1.29, 1.82) is 0 Å². The van der Waals surface area contributed by atoms with Crippen LogP contribution in [0.1, 0.15) is 27.9 Å². The normalized spacial score (nSPS) is 14.1. The highest BCUT2D eigenvalue weighted by atomic mass is 16.7. The van der Waals surface area contributed by atoms with Gasteiger partial charge in [-0.2, -0.15) is 0 Å². The molecule has 0 fully saturated rings. The maximum absolute atomic E-state index is 12.2. The van der Waals surface area contributed by atoms with Gasteiger partial charge in [0.05, 0.1) is 6.54 Å². The summed E-state index contributed by atoms with van der Waals surface area (Å²) >= 11 is 0. The molecule has 128 valence electrons. The van der Waals surface area contributed by atoms with Crippen LogP contribution >= 0.6 is 0 Å². The molecule has 2 amide bonds. The number of hydrogen-bond acceptors (Lipinski definition) is 4. The zero-order chi connectivity index (χ0) is 17.2. The SMILES string of the molecule is O=C(CNC(=O)c1ccc2c(c1)CCC2)Nc1ccc2c(c1)OCO2. The second-order valence-corrected chi connectivity index (χ2v) is 6.14. The molecule has 0 radical (unpaired) electrons. The Morgan fingerprint density at radius 1 is 0.960 bits per heavy atom. The summed E-state index contributed by atoms with van der Waals surface area (Å²) in [6, 6.07) is 10.9. The second-order valence-electron chi connectivity index (χ2n) is 6.14. The highest BCUT2D eigenvalue weighted by Crippen LogP contribution is 2.34. The Bertz CT molecular complexity index is 847. The van der Waals surface area contributed by atoms with Crippen molar-refractivity contribution < 1.29 is 19.1 Å². The lowest BCUT2D eigenvalue weighted by atomic mass is 10.1. The number of hydrogen-bond donors (Lipinski definition) is 2. The minimum atomic E-state index is -0.298. The molecule has 1 aliphatic heterocycles. The van der Waals surface area contributed by atoms with Crippen molar-refractivity contribution in [1.82, 2.24) is 5.32 Å². The minimum absolute atomic E-state index is 0.0929. The lowest BCUT2D eigenvalue weighted by Gasteiger charge is -2.08. The van der Waals surface area contributed by atoms with Crippen molar-refractivity contribution in [3.05, 3.63) is 53.1 Å². The number of ether oxygens (including phenoxy) is 2. The predicted octanol–water partition coefficient (Wildman–Crippen LogP) is 2.27. The number of fused-ring (bicyclic) bond motifs is 2. The summed E-state index contributed by atoms with van der Waals surface area (Å²) in [5.41, 5.74) is 3.74. The lowest BCUT2D eigenvalue weighted by molar-refractivity contribution is -0.115. The van der Waals surface area contributed by atoms with E-state index in [4.69, 9.17) is 9.47 Å². The second kappa shape index (κ2) is 6.47.